The van der Waals surface area contributed by atoms with Gasteiger partial charge in [0.15, 0.2) is 23.3 Å². The highest BCUT2D eigenvalue weighted by Gasteiger charge is 2.24. The molecule has 8 aromatic heterocycles. The molecule has 0 radical (unpaired) electrons. The zero-order valence-corrected chi connectivity index (χ0v) is 47.8. The van der Waals surface area contributed by atoms with Gasteiger partial charge in [-0.15, -0.1) is 22.7 Å². The summed E-state index contributed by atoms with van der Waals surface area (Å²) >= 11 is 3.44. The molecule has 0 bridgehead atoms. The number of H-pyrrole nitrogens is 4. The molecule has 0 saturated carbocycles. The Balaban J connectivity index is 0.000000177. The molecule has 1 fully saturated rings. The summed E-state index contributed by atoms with van der Waals surface area (Å²) in [7, 11) is 0. The summed E-state index contributed by atoms with van der Waals surface area (Å²) < 4.78 is 32.5. The van der Waals surface area contributed by atoms with E-state index in [1.54, 1.807) is 47.2 Å². The number of hydrogen-bond acceptors (Lipinski definition) is 10. The van der Waals surface area contributed by atoms with E-state index in [2.05, 4.69) is 114 Å². The first-order chi connectivity index (χ1) is 39.5. The number of nitrogens with zero attached hydrogens (tertiary/aromatic N) is 7. The highest BCUT2D eigenvalue weighted by atomic mass is 32.1. The topological polar surface area (TPSA) is 156 Å². The lowest BCUT2D eigenvalue weighted by atomic mass is 10.0. The van der Waals surface area contributed by atoms with Crippen molar-refractivity contribution in [3.05, 3.63) is 209 Å². The molecule has 1 aliphatic rings. The normalized spacial score (nSPS) is 13.4. The van der Waals surface area contributed by atoms with Crippen molar-refractivity contribution in [1.82, 2.24) is 60.5 Å². The summed E-state index contributed by atoms with van der Waals surface area (Å²) in [6.07, 6.45) is 16.7. The Morgan fingerprint density at radius 3 is 1.60 bits per heavy atom. The summed E-state index contributed by atoms with van der Waals surface area (Å²) in [6, 6.07) is 30.2. The molecule has 81 heavy (non-hydrogen) atoms. The van der Waals surface area contributed by atoms with Gasteiger partial charge in [0.25, 0.3) is 0 Å². The molecule has 12 nitrogen and oxygen atoms in total. The lowest BCUT2D eigenvalue weighted by Gasteiger charge is -2.15. The van der Waals surface area contributed by atoms with E-state index in [1.807, 2.05) is 113 Å². The van der Waals surface area contributed by atoms with Crippen molar-refractivity contribution in [1.29, 1.82) is 0 Å². The highest BCUT2D eigenvalue weighted by molar-refractivity contribution is 7.15. The van der Waals surface area contributed by atoms with Crippen LogP contribution in [0, 0.1) is 25.5 Å². The largest absolute Gasteiger partial charge is 0.356 e. The predicted octanol–water partition coefficient (Wildman–Crippen LogP) is 16.7. The van der Waals surface area contributed by atoms with E-state index in [9.17, 15) is 0 Å². The first kappa shape index (κ1) is 55.4. The molecule has 0 amide bonds. The zero-order chi connectivity index (χ0) is 56.7. The van der Waals surface area contributed by atoms with E-state index in [0.29, 0.717) is 67.4 Å². The second-order valence-electron chi connectivity index (χ2n) is 19.1. The minimum atomic E-state index is -0.490. The van der Waals surface area contributed by atoms with E-state index in [-0.39, 0.29) is 11.4 Å². The van der Waals surface area contributed by atoms with Crippen LogP contribution in [0.3, 0.4) is 0 Å². The van der Waals surface area contributed by atoms with Crippen molar-refractivity contribution >= 4 is 83.4 Å². The molecule has 0 spiro atoms. The third kappa shape index (κ3) is 11.4. The fourth-order valence-electron chi connectivity index (χ4n) is 9.88. The van der Waals surface area contributed by atoms with Gasteiger partial charge in [0.1, 0.15) is 22.8 Å². The number of hydrogen-bond donors (Lipinski definition) is 5. The molecule has 12 rings (SSSR count). The van der Waals surface area contributed by atoms with E-state index in [4.69, 9.17) is 9.97 Å². The van der Waals surface area contributed by atoms with Gasteiger partial charge in [-0.05, 0) is 125 Å². The number of thiophene rings is 2. The number of para-hydroxylation sites is 2. The molecule has 1 saturated heterocycles. The van der Waals surface area contributed by atoms with Crippen LogP contribution >= 0.6 is 22.7 Å². The monoisotopic (exact) mass is 1110 g/mol. The summed E-state index contributed by atoms with van der Waals surface area (Å²) in [5.74, 6) is 0.0832. The standard InChI is InChI=1S/C33H27FN6S.C30H29FN6S.C2H6/c1-5-21(17-23(6-2)36-20(4)22-11-8-7-9-12-22)30-29(34)28-26(18-35-30)39-40-32(28)33-37-25-14-10-13-24(31(25)38-33)27-16-15-19(3)41-27;1-4-19(17-37-13-6-7-14-37)15-20(5-2)27-26(31)25-23(16-32-27)35-36-29(25)30-33-22-10-8-9-21(28(22)34-30)24-12-11-18(3)38-24;1-2/h5-18,36H,2,4H2,1,3H3,(H,37,38)(H,39,40);4-5,8-12,15-16H,1,6-7,13-14,17H2,2-3H3,(H,33,34)(H,35,36);1-2H3/b21-5+,23-17+;19-15+,20-5+;. The van der Waals surface area contributed by atoms with Crippen LogP contribution in [-0.4, -0.2) is 74.8 Å². The van der Waals surface area contributed by atoms with Crippen LogP contribution in [-0.2, 0) is 0 Å². The van der Waals surface area contributed by atoms with Gasteiger partial charge in [-0.3, -0.25) is 25.1 Å². The van der Waals surface area contributed by atoms with E-state index >= 15 is 8.78 Å². The van der Waals surface area contributed by atoms with Gasteiger partial charge in [-0.1, -0.05) is 106 Å². The zero-order valence-electron chi connectivity index (χ0n) is 46.1. The molecule has 0 atom stereocenters. The maximum atomic E-state index is 16.3. The minimum absolute atomic E-state index is 0.194. The Labute approximate surface area is 477 Å². The van der Waals surface area contributed by atoms with Crippen LogP contribution in [0.25, 0.3) is 105 Å². The van der Waals surface area contributed by atoms with Crippen molar-refractivity contribution in [2.75, 3.05) is 19.6 Å². The number of halogens is 2. The van der Waals surface area contributed by atoms with Gasteiger partial charge < -0.3 is 15.3 Å². The Kier molecular flexibility index (Phi) is 16.8. The predicted molar refractivity (Wildman–Crippen MR) is 333 cm³/mol. The second-order valence-corrected chi connectivity index (χ2v) is 21.7. The maximum Gasteiger partial charge on any atom is 0.161 e. The molecule has 5 N–H and O–H groups in total. The number of aromatic amines is 4. The molecule has 11 aromatic rings. The average Bonchev–Trinajstić information content (AvgIpc) is 4.40. The van der Waals surface area contributed by atoms with Crippen LogP contribution in [0.1, 0.15) is 67.2 Å². The van der Waals surface area contributed by atoms with E-state index in [0.717, 1.165) is 73.7 Å². The summed E-state index contributed by atoms with van der Waals surface area (Å²) in [4.78, 5) is 32.5. The van der Waals surface area contributed by atoms with Crippen LogP contribution in [0.2, 0.25) is 0 Å². The first-order valence-electron chi connectivity index (χ1n) is 26.9. The number of nitrogens with one attached hydrogen (secondary N) is 5. The van der Waals surface area contributed by atoms with Crippen LogP contribution in [0.4, 0.5) is 8.78 Å². The van der Waals surface area contributed by atoms with Crippen molar-refractivity contribution in [2.45, 2.75) is 54.4 Å². The number of benzene rings is 3. The smallest absolute Gasteiger partial charge is 0.161 e. The SMILES string of the molecule is C=C/C(=C\C(=C/C)c1ncc2[nH]nc(-c3nc4c(-c5ccc(C)s5)cccc4[nH]3)c2c1F)CN1CCCC1.C=C/C(=C\C(=C/C)c1ncc2[nH]nc(-c3nc4c(-c5ccc(C)s5)cccc4[nH]3)c2c1F)NC(=C)c1ccccc1.CC. The minimum Gasteiger partial charge on any atom is -0.356 e. The van der Waals surface area contributed by atoms with Gasteiger partial charge in [0.05, 0.1) is 56.3 Å². The average molecular weight is 1110 g/mol. The van der Waals surface area contributed by atoms with Crippen molar-refractivity contribution in [2.24, 2.45) is 0 Å². The molecule has 408 valence electrons. The van der Waals surface area contributed by atoms with Crippen molar-refractivity contribution in [3.8, 4) is 43.9 Å². The molecule has 16 heteroatoms. The number of allylic oxidation sites excluding steroid dienone is 7. The number of fused-ring (bicyclic) bond motifs is 4. The lowest BCUT2D eigenvalue weighted by molar-refractivity contribution is 0.371. The molecule has 3 aromatic carbocycles. The summed E-state index contributed by atoms with van der Waals surface area (Å²) in [6.45, 7) is 26.9. The van der Waals surface area contributed by atoms with Crippen LogP contribution < -0.4 is 5.32 Å². The summed E-state index contributed by atoms with van der Waals surface area (Å²) in [5, 5.41) is 18.7. The van der Waals surface area contributed by atoms with Gasteiger partial charge in [-0.25, -0.2) is 18.7 Å². The molecule has 1 aliphatic heterocycles. The Morgan fingerprint density at radius 1 is 0.642 bits per heavy atom. The van der Waals surface area contributed by atoms with Crippen molar-refractivity contribution < 1.29 is 8.78 Å². The molecule has 9 heterocycles. The quantitative estimate of drug-likeness (QED) is 0.0636. The highest BCUT2D eigenvalue weighted by Crippen LogP contribution is 2.38. The number of aromatic nitrogens is 10. The number of imidazole rings is 2. The van der Waals surface area contributed by atoms with Crippen LogP contribution in [0.5, 0.6) is 0 Å². The molecule has 0 aliphatic carbocycles. The molecular weight excluding hydrogens is 1050 g/mol. The van der Waals surface area contributed by atoms with Gasteiger partial charge >= 0.3 is 0 Å². The third-order valence-electron chi connectivity index (χ3n) is 13.9. The van der Waals surface area contributed by atoms with Gasteiger partial charge in [0, 0.05) is 54.1 Å². The Morgan fingerprint density at radius 2 is 1.15 bits per heavy atom. The number of aryl methyl sites for hydroxylation is 2. The Bertz CT molecular complexity index is 4250. The van der Waals surface area contributed by atoms with E-state index < -0.39 is 11.6 Å². The first-order valence-corrected chi connectivity index (χ1v) is 28.6. The number of rotatable bonds is 15. The fraction of sp³-hybridized carbons (Fsp3) is 0.169. The number of likely N-dealkylation sites (tertiary alicyclic amines) is 1. The third-order valence-corrected chi connectivity index (χ3v) is 16.0. The number of pyridine rings is 2. The molecule has 0 unspecified atom stereocenters. The lowest BCUT2D eigenvalue weighted by Crippen LogP contribution is -2.21. The molecular formula is C65H62F2N12S2. The second kappa shape index (κ2) is 24.6. The van der Waals surface area contributed by atoms with E-state index in [1.165, 1.54) is 22.6 Å². The fourth-order valence-corrected chi connectivity index (χ4v) is 11.7. The summed E-state index contributed by atoms with van der Waals surface area (Å²) in [5.41, 5.74) is 12.4. The van der Waals surface area contributed by atoms with Crippen LogP contribution in [0.15, 0.2) is 171 Å². The Hall–Kier alpha value is -8.96. The van der Waals surface area contributed by atoms with Gasteiger partial charge in [-0.2, -0.15) is 10.2 Å². The van der Waals surface area contributed by atoms with Gasteiger partial charge in [0.2, 0.25) is 0 Å². The van der Waals surface area contributed by atoms with Crippen molar-refractivity contribution in [3.63, 3.8) is 0 Å². The maximum absolute atomic E-state index is 16.3.